The zero-order valence-electron chi connectivity index (χ0n) is 16.1. The summed E-state index contributed by atoms with van der Waals surface area (Å²) in [5.41, 5.74) is 0.721. The number of hydrogen-bond donors (Lipinski definition) is 1. The highest BCUT2D eigenvalue weighted by Crippen LogP contribution is 2.26. The summed E-state index contributed by atoms with van der Waals surface area (Å²) in [6.45, 7) is 0.614. The summed E-state index contributed by atoms with van der Waals surface area (Å²) in [5.74, 6) is 0.0276. The number of alkyl halides is 1. The van der Waals surface area contributed by atoms with E-state index in [0.29, 0.717) is 12.4 Å². The van der Waals surface area contributed by atoms with Gasteiger partial charge in [0.25, 0.3) is 0 Å². The van der Waals surface area contributed by atoms with Crippen molar-refractivity contribution >= 4 is 23.4 Å². The molecule has 0 aromatic heterocycles. The third-order valence-electron chi connectivity index (χ3n) is 4.91. The minimum absolute atomic E-state index is 0.155. The summed E-state index contributed by atoms with van der Waals surface area (Å²) in [5, 5.41) is 3.13. The molecular formula is C20H29ClN2O4. The number of nitrogens with zero attached hydrogens (tertiary/aromatic N) is 1. The van der Waals surface area contributed by atoms with Crippen molar-refractivity contribution in [3.8, 4) is 5.75 Å². The molecule has 0 aliphatic heterocycles. The summed E-state index contributed by atoms with van der Waals surface area (Å²) in [4.78, 5) is 27.2. The number of carbonyl (C=O) groups excluding carboxylic acids is 2. The molecule has 6 nitrogen and oxygen atoms in total. The normalized spacial score (nSPS) is 15.8. The van der Waals surface area contributed by atoms with Crippen molar-refractivity contribution in [2.45, 2.75) is 44.2 Å². The lowest BCUT2D eigenvalue weighted by Crippen LogP contribution is -2.48. The molecule has 0 radical (unpaired) electrons. The number of rotatable bonds is 9. The molecule has 1 aromatic carbocycles. The van der Waals surface area contributed by atoms with E-state index < -0.39 is 6.04 Å². The Morgan fingerprint density at radius 2 is 1.85 bits per heavy atom. The van der Waals surface area contributed by atoms with Crippen molar-refractivity contribution in [1.29, 1.82) is 0 Å². The number of nitrogens with one attached hydrogen (secondary N) is 1. The van der Waals surface area contributed by atoms with Crippen molar-refractivity contribution in [2.75, 3.05) is 33.3 Å². The van der Waals surface area contributed by atoms with E-state index in [-0.39, 0.29) is 30.3 Å². The van der Waals surface area contributed by atoms with Crippen LogP contribution in [0.2, 0.25) is 0 Å². The first kappa shape index (κ1) is 21.5. The quantitative estimate of drug-likeness (QED) is 0.652. The summed E-state index contributed by atoms with van der Waals surface area (Å²) in [6, 6.07) is 6.60. The summed E-state index contributed by atoms with van der Waals surface area (Å²) in [6.07, 6.45) is 5.39. The molecule has 0 bridgehead atoms. The Labute approximate surface area is 166 Å². The second kappa shape index (κ2) is 11.1. The fourth-order valence-electron chi connectivity index (χ4n) is 3.45. The van der Waals surface area contributed by atoms with Crippen molar-refractivity contribution < 1.29 is 19.1 Å². The fraction of sp³-hybridized carbons (Fsp3) is 0.600. The van der Waals surface area contributed by atoms with E-state index in [1.807, 2.05) is 12.1 Å². The Hall–Kier alpha value is -1.79. The predicted molar refractivity (Wildman–Crippen MR) is 105 cm³/mol. The lowest BCUT2D eigenvalue weighted by molar-refractivity contribution is -0.140. The summed E-state index contributed by atoms with van der Waals surface area (Å²) >= 11 is 5.82. The number of benzene rings is 1. The first-order valence-electron chi connectivity index (χ1n) is 9.39. The van der Waals surface area contributed by atoms with Crippen LogP contribution in [0.4, 0.5) is 0 Å². The summed E-state index contributed by atoms with van der Waals surface area (Å²) < 4.78 is 10.3. The van der Waals surface area contributed by atoms with Crippen LogP contribution in [0.1, 0.15) is 43.7 Å². The highest BCUT2D eigenvalue weighted by atomic mass is 35.5. The molecule has 0 spiro atoms. The van der Waals surface area contributed by atoms with Crippen LogP contribution in [0.15, 0.2) is 24.3 Å². The van der Waals surface area contributed by atoms with Gasteiger partial charge in [0.05, 0.1) is 13.7 Å². The van der Waals surface area contributed by atoms with Crippen molar-refractivity contribution in [3.63, 3.8) is 0 Å². The molecule has 150 valence electrons. The average Bonchev–Trinajstić information content (AvgIpc) is 2.71. The van der Waals surface area contributed by atoms with Crippen molar-refractivity contribution in [3.05, 3.63) is 29.8 Å². The van der Waals surface area contributed by atoms with E-state index in [2.05, 4.69) is 5.32 Å². The van der Waals surface area contributed by atoms with E-state index in [0.717, 1.165) is 31.2 Å². The first-order chi connectivity index (χ1) is 13.1. The van der Waals surface area contributed by atoms with Crippen LogP contribution < -0.4 is 10.1 Å². The van der Waals surface area contributed by atoms with Gasteiger partial charge in [-0.2, -0.15) is 0 Å². The largest absolute Gasteiger partial charge is 0.497 e. The molecule has 2 rings (SSSR count). The number of ether oxygens (including phenoxy) is 2. The second-order valence-corrected chi connectivity index (χ2v) is 7.00. The number of amides is 2. The van der Waals surface area contributed by atoms with Gasteiger partial charge in [-0.25, -0.2) is 0 Å². The molecule has 7 heteroatoms. The molecule has 1 fully saturated rings. The van der Waals surface area contributed by atoms with E-state index >= 15 is 0 Å². The number of halogens is 1. The van der Waals surface area contributed by atoms with Gasteiger partial charge in [-0.05, 0) is 30.5 Å². The van der Waals surface area contributed by atoms with Crippen LogP contribution in [0.25, 0.3) is 0 Å². The Morgan fingerprint density at radius 3 is 2.41 bits per heavy atom. The highest BCUT2D eigenvalue weighted by molar-refractivity contribution is 6.27. The standard InChI is InChI=1S/C20H29ClN2O4/c1-26-13-12-23(18(24)14-21)19(15-8-10-17(27-2)11-9-15)20(25)22-16-6-4-3-5-7-16/h8-11,16,19H,3-7,12-14H2,1-2H3,(H,22,25)/t19-/m1/s1. The SMILES string of the molecule is COCCN(C(=O)CCl)[C@@H](C(=O)NC1CCCCC1)c1ccc(OC)cc1. The highest BCUT2D eigenvalue weighted by Gasteiger charge is 2.32. The van der Waals surface area contributed by atoms with E-state index in [4.69, 9.17) is 21.1 Å². The zero-order valence-corrected chi connectivity index (χ0v) is 16.8. The van der Waals surface area contributed by atoms with Crippen LogP contribution in [0, 0.1) is 0 Å². The average molecular weight is 397 g/mol. The Kier molecular flexibility index (Phi) is 8.88. The molecule has 2 amide bonds. The Balaban J connectivity index is 2.28. The minimum atomic E-state index is -0.751. The minimum Gasteiger partial charge on any atom is -0.497 e. The fourth-order valence-corrected chi connectivity index (χ4v) is 3.60. The van der Waals surface area contributed by atoms with Crippen LogP contribution in [-0.4, -0.2) is 56.0 Å². The van der Waals surface area contributed by atoms with Crippen LogP contribution in [-0.2, 0) is 14.3 Å². The molecule has 0 unspecified atom stereocenters. The zero-order chi connectivity index (χ0) is 19.6. The summed E-state index contributed by atoms with van der Waals surface area (Å²) in [7, 11) is 3.15. The molecule has 27 heavy (non-hydrogen) atoms. The van der Waals surface area contributed by atoms with Gasteiger partial charge in [0.15, 0.2) is 0 Å². The van der Waals surface area contributed by atoms with Crippen molar-refractivity contribution in [1.82, 2.24) is 10.2 Å². The lowest BCUT2D eigenvalue weighted by atomic mass is 9.94. The molecule has 0 saturated heterocycles. The van der Waals surface area contributed by atoms with E-state index in [1.54, 1.807) is 26.4 Å². The van der Waals surface area contributed by atoms with Gasteiger partial charge in [0, 0.05) is 19.7 Å². The maximum Gasteiger partial charge on any atom is 0.247 e. The first-order valence-corrected chi connectivity index (χ1v) is 9.92. The molecule has 1 aliphatic rings. The molecule has 1 N–H and O–H groups in total. The van der Waals surface area contributed by atoms with Gasteiger partial charge in [0.1, 0.15) is 17.7 Å². The van der Waals surface area contributed by atoms with Gasteiger partial charge < -0.3 is 19.7 Å². The maximum atomic E-state index is 13.2. The van der Waals surface area contributed by atoms with Crippen LogP contribution in [0.5, 0.6) is 5.75 Å². The van der Waals surface area contributed by atoms with Crippen molar-refractivity contribution in [2.24, 2.45) is 0 Å². The van der Waals surface area contributed by atoms with E-state index in [1.165, 1.54) is 11.3 Å². The Bertz CT molecular complexity index is 603. The molecular weight excluding hydrogens is 368 g/mol. The molecule has 1 aromatic rings. The number of carbonyl (C=O) groups is 2. The smallest absolute Gasteiger partial charge is 0.247 e. The van der Waals surface area contributed by atoms with Gasteiger partial charge in [-0.1, -0.05) is 31.4 Å². The topological polar surface area (TPSA) is 67.9 Å². The molecule has 0 heterocycles. The number of methoxy groups -OCH3 is 2. The Morgan fingerprint density at radius 1 is 1.19 bits per heavy atom. The van der Waals surface area contributed by atoms with Gasteiger partial charge in [0.2, 0.25) is 11.8 Å². The monoisotopic (exact) mass is 396 g/mol. The van der Waals surface area contributed by atoms with Gasteiger partial charge in [-0.3, -0.25) is 9.59 Å². The van der Waals surface area contributed by atoms with Crippen LogP contribution in [0.3, 0.4) is 0 Å². The van der Waals surface area contributed by atoms with E-state index in [9.17, 15) is 9.59 Å². The number of hydrogen-bond acceptors (Lipinski definition) is 4. The lowest BCUT2D eigenvalue weighted by Gasteiger charge is -2.33. The third-order valence-corrected chi connectivity index (χ3v) is 5.14. The van der Waals surface area contributed by atoms with Crippen LogP contribution >= 0.6 is 11.6 Å². The maximum absolute atomic E-state index is 13.2. The molecule has 1 aliphatic carbocycles. The van der Waals surface area contributed by atoms with Gasteiger partial charge in [-0.15, -0.1) is 11.6 Å². The third kappa shape index (κ3) is 6.11. The van der Waals surface area contributed by atoms with Gasteiger partial charge >= 0.3 is 0 Å². The molecule has 1 atom stereocenters. The second-order valence-electron chi connectivity index (χ2n) is 6.73. The molecule has 1 saturated carbocycles. The predicted octanol–water partition coefficient (Wildman–Crippen LogP) is 2.90.